The second-order valence-electron chi connectivity index (χ2n) is 4.15. The Morgan fingerprint density at radius 3 is 2.52 bits per heavy atom. The van der Waals surface area contributed by atoms with Crippen molar-refractivity contribution in [3.8, 4) is 6.07 Å². The summed E-state index contributed by atoms with van der Waals surface area (Å²) in [5, 5.41) is 20.5. The monoisotopic (exact) mass is 296 g/mol. The number of nitriles is 1. The lowest BCUT2D eigenvalue weighted by molar-refractivity contribution is -0.137. The Kier molecular flexibility index (Phi) is 4.76. The third-order valence-electron chi connectivity index (χ3n) is 2.43. The van der Waals surface area contributed by atoms with Gasteiger partial charge in [-0.3, -0.25) is 4.79 Å². The van der Waals surface area contributed by atoms with Crippen LogP contribution < -0.4 is 5.32 Å². The van der Waals surface area contributed by atoms with E-state index in [1.165, 1.54) is 19.1 Å². The Morgan fingerprint density at radius 1 is 1.43 bits per heavy atom. The van der Waals surface area contributed by atoms with Crippen LogP contribution in [0.3, 0.4) is 0 Å². The summed E-state index contributed by atoms with van der Waals surface area (Å²) in [7, 11) is 0. The topological polar surface area (TPSA) is 73.1 Å². The maximum Gasteiger partial charge on any atom is 0.416 e. The average Bonchev–Trinajstić information content (AvgIpc) is 2.38. The van der Waals surface area contributed by atoms with Crippen molar-refractivity contribution in [1.29, 1.82) is 5.26 Å². The van der Waals surface area contributed by atoms with Gasteiger partial charge in [0.25, 0.3) is 5.91 Å². The summed E-state index contributed by atoms with van der Waals surface area (Å²) in [6.07, 6.45) is -4.55. The van der Waals surface area contributed by atoms with E-state index in [1.807, 2.05) is 0 Å². The zero-order valence-electron chi connectivity index (χ0n) is 11.0. The molecule has 1 amide bonds. The van der Waals surface area contributed by atoms with Gasteiger partial charge in [0.1, 0.15) is 11.8 Å². The minimum absolute atomic E-state index is 0.0887. The number of halogens is 3. The molecule has 0 spiro atoms. The van der Waals surface area contributed by atoms with Crippen LogP contribution >= 0.6 is 0 Å². The Bertz CT molecular complexity index is 655. The number of benzene rings is 1. The van der Waals surface area contributed by atoms with E-state index in [9.17, 15) is 23.1 Å². The Labute approximate surface area is 118 Å². The number of carbonyl (C=O) groups is 1. The van der Waals surface area contributed by atoms with Gasteiger partial charge in [-0.25, -0.2) is 0 Å². The molecule has 21 heavy (non-hydrogen) atoms. The molecule has 0 saturated carbocycles. The minimum atomic E-state index is -4.55. The first-order valence-electron chi connectivity index (χ1n) is 5.64. The van der Waals surface area contributed by atoms with Crippen LogP contribution in [0.2, 0.25) is 0 Å². The van der Waals surface area contributed by atoms with Gasteiger partial charge in [-0.1, -0.05) is 12.6 Å². The number of nitrogens with zero attached hydrogens (tertiary/aromatic N) is 1. The third-order valence-corrected chi connectivity index (χ3v) is 2.43. The first kappa shape index (κ1) is 16.3. The predicted molar refractivity (Wildman–Crippen MR) is 70.2 cm³/mol. The van der Waals surface area contributed by atoms with E-state index < -0.39 is 29.0 Å². The molecular weight excluding hydrogens is 285 g/mol. The summed E-state index contributed by atoms with van der Waals surface area (Å²) in [5.41, 5.74) is -1.62. The van der Waals surface area contributed by atoms with Crippen molar-refractivity contribution in [3.63, 3.8) is 0 Å². The van der Waals surface area contributed by atoms with Crippen molar-refractivity contribution in [2.24, 2.45) is 0 Å². The van der Waals surface area contributed by atoms with Crippen LogP contribution in [0.1, 0.15) is 12.5 Å². The number of aliphatic hydroxyl groups is 1. The molecule has 0 fully saturated rings. The van der Waals surface area contributed by atoms with Crippen LogP contribution in [0.5, 0.6) is 0 Å². The molecule has 1 aromatic rings. The number of alkyl halides is 3. The number of nitrogens with one attached hydrogen (secondary N) is 1. The lowest BCUT2D eigenvalue weighted by atomic mass is 10.1. The third kappa shape index (κ3) is 4.11. The van der Waals surface area contributed by atoms with Gasteiger partial charge < -0.3 is 10.4 Å². The Hall–Kier alpha value is -2.75. The highest BCUT2D eigenvalue weighted by molar-refractivity contribution is 6.07. The molecule has 0 saturated heterocycles. The van der Waals surface area contributed by atoms with Gasteiger partial charge in [-0.2, -0.15) is 18.4 Å². The quantitative estimate of drug-likeness (QED) is 0.388. The Balaban J connectivity index is 3.07. The van der Waals surface area contributed by atoms with E-state index in [4.69, 9.17) is 5.26 Å². The fraction of sp³-hybridized carbons (Fsp3) is 0.143. The second kappa shape index (κ2) is 6.13. The van der Waals surface area contributed by atoms with Crippen molar-refractivity contribution in [1.82, 2.24) is 0 Å². The number of allylic oxidation sites excluding steroid dienone is 1. The standard InChI is InChI=1S/C14H11F3N2O2/c1-8(2)12(20)11(7-18)13(21)19-10-5-3-4-9(6-10)14(15,16)17/h3-6,20H,1H2,2H3,(H,19,21)/b12-11-. The molecule has 4 nitrogen and oxygen atoms in total. The van der Waals surface area contributed by atoms with Crippen molar-refractivity contribution in [2.75, 3.05) is 5.32 Å². The highest BCUT2D eigenvalue weighted by atomic mass is 19.4. The number of amides is 1. The van der Waals surface area contributed by atoms with Gasteiger partial charge in [0.05, 0.1) is 5.56 Å². The van der Waals surface area contributed by atoms with Crippen LogP contribution in [0.4, 0.5) is 18.9 Å². The zero-order valence-corrected chi connectivity index (χ0v) is 11.0. The van der Waals surface area contributed by atoms with E-state index in [-0.39, 0.29) is 11.3 Å². The zero-order chi connectivity index (χ0) is 16.2. The summed E-state index contributed by atoms with van der Waals surface area (Å²) in [4.78, 5) is 11.8. The number of hydrogen-bond acceptors (Lipinski definition) is 3. The molecule has 0 aromatic heterocycles. The second-order valence-corrected chi connectivity index (χ2v) is 4.15. The molecule has 1 rings (SSSR count). The van der Waals surface area contributed by atoms with E-state index in [0.717, 1.165) is 18.2 Å². The highest BCUT2D eigenvalue weighted by Crippen LogP contribution is 2.30. The first-order chi connectivity index (χ1) is 9.66. The SMILES string of the molecule is C=C(C)/C(O)=C(\C#N)C(=O)Nc1cccc(C(F)(F)F)c1. The summed E-state index contributed by atoms with van der Waals surface area (Å²) in [6.45, 7) is 4.75. The lowest BCUT2D eigenvalue weighted by Crippen LogP contribution is -2.16. The van der Waals surface area contributed by atoms with Crippen LogP contribution in [0.15, 0.2) is 47.7 Å². The minimum Gasteiger partial charge on any atom is -0.506 e. The van der Waals surface area contributed by atoms with Crippen molar-refractivity contribution in [2.45, 2.75) is 13.1 Å². The van der Waals surface area contributed by atoms with Gasteiger partial charge in [0.2, 0.25) is 0 Å². The maximum atomic E-state index is 12.5. The van der Waals surface area contributed by atoms with Gasteiger partial charge in [0, 0.05) is 5.69 Å². The molecule has 110 valence electrons. The normalized spacial score (nSPS) is 12.1. The van der Waals surface area contributed by atoms with E-state index in [1.54, 1.807) is 0 Å². The predicted octanol–water partition coefficient (Wildman–Crippen LogP) is 3.56. The number of hydrogen-bond donors (Lipinski definition) is 2. The molecule has 0 aliphatic carbocycles. The molecular formula is C14H11F3N2O2. The largest absolute Gasteiger partial charge is 0.506 e. The molecule has 0 radical (unpaired) electrons. The van der Waals surface area contributed by atoms with Crippen LogP contribution in [-0.4, -0.2) is 11.0 Å². The summed E-state index contributed by atoms with van der Waals surface area (Å²) < 4.78 is 37.6. The Morgan fingerprint density at radius 2 is 2.05 bits per heavy atom. The summed E-state index contributed by atoms with van der Waals surface area (Å²) >= 11 is 0. The van der Waals surface area contributed by atoms with Crippen LogP contribution in [0.25, 0.3) is 0 Å². The molecule has 7 heteroatoms. The number of rotatable bonds is 3. The van der Waals surface area contributed by atoms with Gasteiger partial charge in [0.15, 0.2) is 5.57 Å². The smallest absolute Gasteiger partial charge is 0.416 e. The molecule has 0 bridgehead atoms. The molecule has 0 atom stereocenters. The first-order valence-corrected chi connectivity index (χ1v) is 5.64. The molecule has 0 aliphatic heterocycles. The van der Waals surface area contributed by atoms with Crippen LogP contribution in [-0.2, 0) is 11.0 Å². The highest BCUT2D eigenvalue weighted by Gasteiger charge is 2.30. The van der Waals surface area contributed by atoms with Gasteiger partial charge >= 0.3 is 6.18 Å². The van der Waals surface area contributed by atoms with Crippen LogP contribution in [0, 0.1) is 11.3 Å². The fourth-order valence-corrected chi connectivity index (χ4v) is 1.39. The van der Waals surface area contributed by atoms with Crippen molar-refractivity contribution in [3.05, 3.63) is 53.3 Å². The summed E-state index contributed by atoms with van der Waals surface area (Å²) in [5.74, 6) is -1.63. The average molecular weight is 296 g/mol. The van der Waals surface area contributed by atoms with Gasteiger partial charge in [-0.05, 0) is 30.7 Å². The molecule has 1 aromatic carbocycles. The van der Waals surface area contributed by atoms with Gasteiger partial charge in [-0.15, -0.1) is 0 Å². The van der Waals surface area contributed by atoms with E-state index in [2.05, 4.69) is 11.9 Å². The number of anilines is 1. The molecule has 0 heterocycles. The van der Waals surface area contributed by atoms with E-state index in [0.29, 0.717) is 0 Å². The fourth-order valence-electron chi connectivity index (χ4n) is 1.39. The molecule has 2 N–H and O–H groups in total. The van der Waals surface area contributed by atoms with Crippen molar-refractivity contribution < 1.29 is 23.1 Å². The maximum absolute atomic E-state index is 12.5. The number of carbonyl (C=O) groups excluding carboxylic acids is 1. The molecule has 0 aliphatic rings. The van der Waals surface area contributed by atoms with Crippen molar-refractivity contribution >= 4 is 11.6 Å². The molecule has 0 unspecified atom stereocenters. The van der Waals surface area contributed by atoms with E-state index >= 15 is 0 Å². The number of aliphatic hydroxyl groups excluding tert-OH is 1. The lowest BCUT2D eigenvalue weighted by Gasteiger charge is -2.10. The summed E-state index contributed by atoms with van der Waals surface area (Å²) in [6, 6.07) is 5.41.